The predicted octanol–water partition coefficient (Wildman–Crippen LogP) is 5.12. The molecule has 0 heterocycles. The smallest absolute Gasteiger partial charge is 0.242 e. The lowest BCUT2D eigenvalue weighted by molar-refractivity contribution is -0.141. The Morgan fingerprint density at radius 3 is 2.31 bits per heavy atom. The predicted molar refractivity (Wildman–Crippen MR) is 145 cm³/mol. The van der Waals surface area contributed by atoms with Crippen molar-refractivity contribution in [3.05, 3.63) is 64.1 Å². The number of amides is 2. The van der Waals surface area contributed by atoms with E-state index in [4.69, 9.17) is 23.2 Å². The van der Waals surface area contributed by atoms with Crippen LogP contribution in [0, 0.1) is 0 Å². The number of halogens is 2. The van der Waals surface area contributed by atoms with Gasteiger partial charge in [-0.05, 0) is 49.1 Å². The molecule has 1 atom stereocenters. The molecule has 0 saturated carbocycles. The normalized spacial score (nSPS) is 12.4. The minimum atomic E-state index is -3.64. The molecule has 0 aliphatic heterocycles. The Hall–Kier alpha value is -2.13. The Morgan fingerprint density at radius 1 is 1.00 bits per heavy atom. The summed E-state index contributed by atoms with van der Waals surface area (Å²) in [6.45, 7) is 4.80. The van der Waals surface area contributed by atoms with Crippen LogP contribution in [-0.4, -0.2) is 55.6 Å². The van der Waals surface area contributed by atoms with Crippen molar-refractivity contribution in [2.75, 3.05) is 20.1 Å². The van der Waals surface area contributed by atoms with Crippen molar-refractivity contribution in [3.63, 3.8) is 0 Å². The SMILES string of the molecule is CCCCNC(=O)[C@H](CC)N(Cc1ccc(Cl)c(Cl)c1)C(=O)CCCN(C)S(=O)(=O)c1ccccc1. The van der Waals surface area contributed by atoms with E-state index in [0.717, 1.165) is 18.4 Å². The van der Waals surface area contributed by atoms with Crippen molar-refractivity contribution >= 4 is 45.0 Å². The van der Waals surface area contributed by atoms with Gasteiger partial charge in [-0.2, -0.15) is 0 Å². The van der Waals surface area contributed by atoms with Gasteiger partial charge in [0.15, 0.2) is 0 Å². The summed E-state index contributed by atoms with van der Waals surface area (Å²) in [5.41, 5.74) is 0.751. The summed E-state index contributed by atoms with van der Waals surface area (Å²) in [5.74, 6) is -0.438. The van der Waals surface area contributed by atoms with E-state index in [2.05, 4.69) is 5.32 Å². The molecule has 0 aliphatic rings. The first-order valence-electron chi connectivity index (χ1n) is 12.1. The van der Waals surface area contributed by atoms with E-state index >= 15 is 0 Å². The summed E-state index contributed by atoms with van der Waals surface area (Å²) in [4.78, 5) is 28.0. The van der Waals surface area contributed by atoms with Crippen LogP contribution in [-0.2, 0) is 26.2 Å². The van der Waals surface area contributed by atoms with Gasteiger partial charge < -0.3 is 10.2 Å². The highest BCUT2D eigenvalue weighted by Gasteiger charge is 2.29. The molecule has 0 unspecified atom stereocenters. The zero-order valence-corrected chi connectivity index (χ0v) is 23.4. The van der Waals surface area contributed by atoms with Crippen molar-refractivity contribution in [1.29, 1.82) is 0 Å². The summed E-state index contributed by atoms with van der Waals surface area (Å²) < 4.78 is 26.8. The largest absolute Gasteiger partial charge is 0.354 e. The van der Waals surface area contributed by atoms with Crippen molar-refractivity contribution in [3.8, 4) is 0 Å². The summed E-state index contributed by atoms with van der Waals surface area (Å²) in [7, 11) is -2.15. The fraction of sp³-hybridized carbons (Fsp3) is 0.462. The first-order valence-corrected chi connectivity index (χ1v) is 14.3. The summed E-state index contributed by atoms with van der Waals surface area (Å²) in [6.07, 6.45) is 2.64. The third kappa shape index (κ3) is 8.47. The van der Waals surface area contributed by atoms with Crippen LogP contribution in [0.15, 0.2) is 53.4 Å². The van der Waals surface area contributed by atoms with E-state index in [1.165, 1.54) is 11.4 Å². The summed E-state index contributed by atoms with van der Waals surface area (Å²) in [5, 5.41) is 3.70. The van der Waals surface area contributed by atoms with Crippen LogP contribution in [0.3, 0.4) is 0 Å². The molecule has 1 N–H and O–H groups in total. The van der Waals surface area contributed by atoms with E-state index in [9.17, 15) is 18.0 Å². The number of carbonyl (C=O) groups is 2. The molecule has 0 aliphatic carbocycles. The molecule has 0 saturated heterocycles. The zero-order valence-electron chi connectivity index (χ0n) is 21.0. The Bertz CT molecular complexity index is 1110. The van der Waals surface area contributed by atoms with Gasteiger partial charge in [-0.15, -0.1) is 0 Å². The Balaban J connectivity index is 2.14. The molecule has 7 nitrogen and oxygen atoms in total. The van der Waals surface area contributed by atoms with Gasteiger partial charge in [0.2, 0.25) is 21.8 Å². The molecule has 0 aromatic heterocycles. The maximum Gasteiger partial charge on any atom is 0.242 e. The maximum absolute atomic E-state index is 13.4. The molecule has 36 heavy (non-hydrogen) atoms. The number of hydrogen-bond donors (Lipinski definition) is 1. The van der Waals surface area contributed by atoms with Crippen LogP contribution in [0.5, 0.6) is 0 Å². The fourth-order valence-corrected chi connectivity index (χ4v) is 5.30. The zero-order chi connectivity index (χ0) is 26.7. The van der Waals surface area contributed by atoms with Gasteiger partial charge in [-0.25, -0.2) is 12.7 Å². The molecule has 2 rings (SSSR count). The topological polar surface area (TPSA) is 86.8 Å². The molecule has 0 fully saturated rings. The summed E-state index contributed by atoms with van der Waals surface area (Å²) >= 11 is 12.2. The average Bonchev–Trinajstić information content (AvgIpc) is 2.86. The number of benzene rings is 2. The molecule has 10 heteroatoms. The second-order valence-corrected chi connectivity index (χ2v) is 11.4. The highest BCUT2D eigenvalue weighted by Crippen LogP contribution is 2.24. The second-order valence-electron chi connectivity index (χ2n) is 8.58. The third-order valence-corrected chi connectivity index (χ3v) is 8.48. The van der Waals surface area contributed by atoms with Crippen LogP contribution >= 0.6 is 23.2 Å². The van der Waals surface area contributed by atoms with Crippen molar-refractivity contribution in [1.82, 2.24) is 14.5 Å². The Morgan fingerprint density at radius 2 is 1.69 bits per heavy atom. The van der Waals surface area contributed by atoms with Crippen molar-refractivity contribution in [2.45, 2.75) is 63.4 Å². The Kier molecular flexibility index (Phi) is 12.2. The number of nitrogens with zero attached hydrogens (tertiary/aromatic N) is 2. The molecular formula is C26H35Cl2N3O4S. The minimum Gasteiger partial charge on any atom is -0.354 e. The molecule has 2 amide bonds. The lowest BCUT2D eigenvalue weighted by atomic mass is 10.1. The number of nitrogens with one attached hydrogen (secondary N) is 1. The van der Waals surface area contributed by atoms with Crippen LogP contribution < -0.4 is 5.32 Å². The molecule has 0 spiro atoms. The average molecular weight is 557 g/mol. The standard InChI is InChI=1S/C26H35Cl2N3O4S/c1-4-6-16-29-26(33)24(5-2)31(19-20-14-15-22(27)23(28)18-20)25(32)13-10-17-30(3)36(34,35)21-11-8-7-9-12-21/h7-9,11-12,14-15,18,24H,4-6,10,13,16-17,19H2,1-3H3,(H,29,33)/t24-/m0/s1. The molecule has 2 aromatic rings. The molecular weight excluding hydrogens is 521 g/mol. The lowest BCUT2D eigenvalue weighted by Crippen LogP contribution is -2.49. The van der Waals surface area contributed by atoms with Crippen LogP contribution in [0.4, 0.5) is 0 Å². The number of rotatable bonds is 14. The highest BCUT2D eigenvalue weighted by atomic mass is 35.5. The first kappa shape index (κ1) is 30.1. The third-order valence-electron chi connectivity index (χ3n) is 5.87. The van der Waals surface area contributed by atoms with Crippen molar-refractivity contribution < 1.29 is 18.0 Å². The molecule has 0 bridgehead atoms. The summed E-state index contributed by atoms with van der Waals surface area (Å²) in [6, 6.07) is 12.6. The maximum atomic E-state index is 13.4. The fourth-order valence-electron chi connectivity index (χ4n) is 3.75. The van der Waals surface area contributed by atoms with E-state index < -0.39 is 16.1 Å². The monoisotopic (exact) mass is 555 g/mol. The number of hydrogen-bond acceptors (Lipinski definition) is 4. The van der Waals surface area contributed by atoms with Crippen LogP contribution in [0.2, 0.25) is 10.0 Å². The molecule has 198 valence electrons. The van der Waals surface area contributed by atoms with Gasteiger partial charge in [-0.1, -0.05) is 67.7 Å². The lowest BCUT2D eigenvalue weighted by Gasteiger charge is -2.31. The Labute approximate surface area is 224 Å². The van der Waals surface area contributed by atoms with Crippen molar-refractivity contribution in [2.24, 2.45) is 0 Å². The van der Waals surface area contributed by atoms with Gasteiger partial charge in [-0.3, -0.25) is 9.59 Å². The number of sulfonamides is 1. The van der Waals surface area contributed by atoms with Crippen LogP contribution in [0.1, 0.15) is 51.5 Å². The highest BCUT2D eigenvalue weighted by molar-refractivity contribution is 7.89. The quantitative estimate of drug-likeness (QED) is 0.328. The van der Waals surface area contributed by atoms with Gasteiger partial charge in [0, 0.05) is 33.1 Å². The van der Waals surface area contributed by atoms with E-state index in [1.54, 1.807) is 53.4 Å². The number of unbranched alkanes of at least 4 members (excludes halogenated alkanes) is 1. The van der Waals surface area contributed by atoms with E-state index in [1.807, 2.05) is 13.8 Å². The molecule has 0 radical (unpaired) electrons. The van der Waals surface area contributed by atoms with Gasteiger partial charge in [0.25, 0.3) is 0 Å². The molecule has 2 aromatic carbocycles. The van der Waals surface area contributed by atoms with Gasteiger partial charge in [0.05, 0.1) is 14.9 Å². The first-order chi connectivity index (χ1) is 17.1. The van der Waals surface area contributed by atoms with Crippen LogP contribution in [0.25, 0.3) is 0 Å². The number of carbonyl (C=O) groups excluding carboxylic acids is 2. The van der Waals surface area contributed by atoms with E-state index in [-0.39, 0.29) is 36.2 Å². The van der Waals surface area contributed by atoms with Gasteiger partial charge in [0.1, 0.15) is 6.04 Å². The second kappa shape index (κ2) is 14.6. The van der Waals surface area contributed by atoms with Gasteiger partial charge >= 0.3 is 0 Å². The minimum absolute atomic E-state index is 0.0920. The van der Waals surface area contributed by atoms with E-state index in [0.29, 0.717) is 29.4 Å².